The third-order valence-electron chi connectivity index (χ3n) is 1.22. The first-order valence-corrected chi connectivity index (χ1v) is 2.98. The maximum Gasteiger partial charge on any atom is 0.109 e. The molecule has 0 aliphatic heterocycles. The maximum atomic E-state index is 8.85. The summed E-state index contributed by atoms with van der Waals surface area (Å²) in [5.74, 6) is 0. The largest absolute Gasteiger partial charge is 0.394 e. The molecule has 3 atom stereocenters. The van der Waals surface area contributed by atoms with Crippen LogP contribution in [0.4, 0.5) is 0 Å². The lowest BCUT2D eigenvalue weighted by molar-refractivity contribution is -0.0727. The van der Waals surface area contributed by atoms with Gasteiger partial charge in [-0.2, -0.15) is 0 Å². The van der Waals surface area contributed by atoms with Gasteiger partial charge in [-0.1, -0.05) is 0 Å². The lowest BCUT2D eigenvalue weighted by Gasteiger charge is -2.19. The van der Waals surface area contributed by atoms with Crippen molar-refractivity contribution in [3.05, 3.63) is 0 Å². The van der Waals surface area contributed by atoms with Crippen molar-refractivity contribution in [2.45, 2.75) is 18.3 Å². The van der Waals surface area contributed by atoms with Crippen LogP contribution in [-0.2, 0) is 0 Å². The van der Waals surface area contributed by atoms with Crippen LogP contribution >= 0.6 is 0 Å². The molecule has 0 aliphatic rings. The van der Waals surface area contributed by atoms with Crippen molar-refractivity contribution in [3.8, 4) is 0 Å². The minimum atomic E-state index is -1.37. The molecule has 0 spiro atoms. The van der Waals surface area contributed by atoms with Crippen LogP contribution < -0.4 is 5.73 Å². The fourth-order valence-electron chi connectivity index (χ4n) is 0.504. The summed E-state index contributed by atoms with van der Waals surface area (Å²) in [5, 5.41) is 34.6. The third kappa shape index (κ3) is 2.59. The van der Waals surface area contributed by atoms with Gasteiger partial charge in [0.15, 0.2) is 0 Å². The molecule has 0 rings (SSSR count). The Morgan fingerprint density at radius 3 is 1.90 bits per heavy atom. The summed E-state index contributed by atoms with van der Waals surface area (Å²) in [6, 6.07) is 0. The highest BCUT2D eigenvalue weighted by Crippen LogP contribution is 1.97. The summed E-state index contributed by atoms with van der Waals surface area (Å²) in [4.78, 5) is 0. The third-order valence-corrected chi connectivity index (χ3v) is 1.22. The van der Waals surface area contributed by atoms with E-state index in [0.717, 1.165) is 0 Å². The zero-order valence-corrected chi connectivity index (χ0v) is 5.51. The van der Waals surface area contributed by atoms with Crippen LogP contribution in [0, 0.1) is 0 Å². The maximum absolute atomic E-state index is 8.85. The van der Waals surface area contributed by atoms with Crippen LogP contribution in [0.3, 0.4) is 0 Å². The molecule has 0 aromatic rings. The molecule has 0 unspecified atom stereocenters. The zero-order valence-electron chi connectivity index (χ0n) is 5.51. The summed E-state index contributed by atoms with van der Waals surface area (Å²) in [6.45, 7) is -0.726. The standard InChI is InChI=1S/C5H13NO4/c6-1-3(8)5(10)4(9)2-7/h3-5,7-10H,1-2,6H2/t3-,4+,5+/m1/s1. The van der Waals surface area contributed by atoms with Gasteiger partial charge in [0.1, 0.15) is 12.2 Å². The number of aliphatic hydroxyl groups is 4. The number of hydrogen-bond donors (Lipinski definition) is 5. The average molecular weight is 151 g/mol. The molecule has 0 saturated carbocycles. The van der Waals surface area contributed by atoms with Gasteiger partial charge in [-0.3, -0.25) is 0 Å². The first-order valence-electron chi connectivity index (χ1n) is 2.98. The van der Waals surface area contributed by atoms with Gasteiger partial charge in [0.2, 0.25) is 0 Å². The predicted molar refractivity (Wildman–Crippen MR) is 34.2 cm³/mol. The van der Waals surface area contributed by atoms with E-state index in [1.54, 1.807) is 0 Å². The van der Waals surface area contributed by atoms with Crippen LogP contribution in [0.1, 0.15) is 0 Å². The Labute approximate surface area is 58.7 Å². The molecule has 5 heteroatoms. The molecule has 0 bridgehead atoms. The molecule has 0 radical (unpaired) electrons. The van der Waals surface area contributed by atoms with Gasteiger partial charge < -0.3 is 26.2 Å². The normalized spacial score (nSPS) is 20.1. The highest BCUT2D eigenvalue weighted by Gasteiger charge is 2.22. The number of nitrogens with two attached hydrogens (primary N) is 1. The van der Waals surface area contributed by atoms with Gasteiger partial charge in [0, 0.05) is 6.54 Å². The Morgan fingerprint density at radius 2 is 1.60 bits per heavy atom. The van der Waals surface area contributed by atoms with Crippen molar-refractivity contribution in [2.24, 2.45) is 5.73 Å². The van der Waals surface area contributed by atoms with Gasteiger partial charge in [-0.05, 0) is 0 Å². The van der Waals surface area contributed by atoms with Crippen molar-refractivity contribution in [2.75, 3.05) is 13.2 Å². The summed E-state index contributed by atoms with van der Waals surface area (Å²) in [5.41, 5.74) is 4.96. The number of hydrogen-bond acceptors (Lipinski definition) is 5. The van der Waals surface area contributed by atoms with E-state index in [9.17, 15) is 0 Å². The number of aliphatic hydroxyl groups excluding tert-OH is 4. The highest BCUT2D eigenvalue weighted by atomic mass is 16.4. The Hall–Kier alpha value is -0.200. The molecule has 0 aliphatic carbocycles. The minimum absolute atomic E-state index is 0.141. The summed E-state index contributed by atoms with van der Waals surface area (Å²) >= 11 is 0. The summed E-state index contributed by atoms with van der Waals surface area (Å²) in [6.07, 6.45) is -3.87. The second-order valence-corrected chi connectivity index (χ2v) is 2.04. The molecular weight excluding hydrogens is 138 g/mol. The van der Waals surface area contributed by atoms with E-state index in [4.69, 9.17) is 26.2 Å². The first kappa shape index (κ1) is 9.80. The zero-order chi connectivity index (χ0) is 8.15. The van der Waals surface area contributed by atoms with Crippen molar-refractivity contribution < 1.29 is 20.4 Å². The van der Waals surface area contributed by atoms with E-state index in [1.165, 1.54) is 0 Å². The highest BCUT2D eigenvalue weighted by molar-refractivity contribution is 4.74. The molecule has 0 heterocycles. The number of rotatable bonds is 4. The molecular formula is C5H13NO4. The van der Waals surface area contributed by atoms with E-state index in [1.807, 2.05) is 0 Å². The van der Waals surface area contributed by atoms with Gasteiger partial charge in [0.05, 0.1) is 12.7 Å². The molecule has 6 N–H and O–H groups in total. The molecule has 5 nitrogen and oxygen atoms in total. The fourth-order valence-corrected chi connectivity index (χ4v) is 0.504. The molecule has 0 aromatic heterocycles. The average Bonchev–Trinajstić information content (AvgIpc) is 2.00. The lowest BCUT2D eigenvalue weighted by atomic mass is 10.1. The van der Waals surface area contributed by atoms with E-state index < -0.39 is 24.9 Å². The van der Waals surface area contributed by atoms with Crippen molar-refractivity contribution in [1.29, 1.82) is 0 Å². The van der Waals surface area contributed by atoms with Gasteiger partial charge in [-0.15, -0.1) is 0 Å². The van der Waals surface area contributed by atoms with E-state index in [-0.39, 0.29) is 6.54 Å². The Kier molecular flexibility index (Phi) is 4.50. The molecule has 62 valence electrons. The topological polar surface area (TPSA) is 107 Å². The summed E-state index contributed by atoms with van der Waals surface area (Å²) < 4.78 is 0. The molecule has 10 heavy (non-hydrogen) atoms. The van der Waals surface area contributed by atoms with Crippen LogP contribution in [0.15, 0.2) is 0 Å². The van der Waals surface area contributed by atoms with E-state index >= 15 is 0 Å². The molecule has 0 amide bonds. The van der Waals surface area contributed by atoms with Gasteiger partial charge in [0.25, 0.3) is 0 Å². The Balaban J connectivity index is 3.69. The van der Waals surface area contributed by atoms with Crippen LogP contribution in [0.25, 0.3) is 0 Å². The minimum Gasteiger partial charge on any atom is -0.394 e. The second-order valence-electron chi connectivity index (χ2n) is 2.04. The van der Waals surface area contributed by atoms with Crippen molar-refractivity contribution in [1.82, 2.24) is 0 Å². The molecule has 0 aromatic carbocycles. The van der Waals surface area contributed by atoms with Gasteiger partial charge in [-0.25, -0.2) is 0 Å². The second kappa shape index (κ2) is 4.59. The quantitative estimate of drug-likeness (QED) is 0.295. The summed E-state index contributed by atoms with van der Waals surface area (Å²) in [7, 11) is 0. The molecule has 0 saturated heterocycles. The monoisotopic (exact) mass is 151 g/mol. The fraction of sp³-hybridized carbons (Fsp3) is 1.00. The Bertz CT molecular complexity index is 79.7. The SMILES string of the molecule is NC[C@@H](O)[C@H](O)[C@@H](O)CO. The van der Waals surface area contributed by atoms with E-state index in [2.05, 4.69) is 0 Å². The molecule has 0 fully saturated rings. The van der Waals surface area contributed by atoms with Crippen LogP contribution in [-0.4, -0.2) is 51.9 Å². The lowest BCUT2D eigenvalue weighted by Crippen LogP contribution is -2.43. The van der Waals surface area contributed by atoms with Crippen LogP contribution in [0.2, 0.25) is 0 Å². The van der Waals surface area contributed by atoms with E-state index in [0.29, 0.717) is 0 Å². The van der Waals surface area contributed by atoms with Crippen molar-refractivity contribution >= 4 is 0 Å². The van der Waals surface area contributed by atoms with Gasteiger partial charge >= 0.3 is 0 Å². The Morgan fingerprint density at radius 1 is 1.10 bits per heavy atom. The predicted octanol–water partition coefficient (Wildman–Crippen LogP) is -2.98. The van der Waals surface area contributed by atoms with Crippen molar-refractivity contribution in [3.63, 3.8) is 0 Å². The van der Waals surface area contributed by atoms with Crippen LogP contribution in [0.5, 0.6) is 0 Å². The smallest absolute Gasteiger partial charge is 0.109 e. The first-order chi connectivity index (χ1) is 4.63.